The van der Waals surface area contributed by atoms with Gasteiger partial charge in [-0.05, 0) is 176 Å². The summed E-state index contributed by atoms with van der Waals surface area (Å²) in [6.07, 6.45) is 1.66. The molecule has 2 N–H and O–H groups in total. The van der Waals surface area contributed by atoms with E-state index in [-0.39, 0.29) is 66.0 Å². The summed E-state index contributed by atoms with van der Waals surface area (Å²) in [5, 5.41) is 5.15. The molecule has 0 radical (unpaired) electrons. The van der Waals surface area contributed by atoms with Crippen molar-refractivity contribution in [3.05, 3.63) is 188 Å². The molecule has 2 fully saturated rings. The summed E-state index contributed by atoms with van der Waals surface area (Å²) in [7, 11) is 1.69. The quantitative estimate of drug-likeness (QED) is 0.113. The number of nitrogens with zero attached hydrogens (tertiary/aromatic N) is 2. The number of halogens is 6. The van der Waals surface area contributed by atoms with Crippen molar-refractivity contribution in [2.75, 3.05) is 24.9 Å². The number of amides is 2. The van der Waals surface area contributed by atoms with Crippen molar-refractivity contribution in [3.8, 4) is 11.1 Å². The number of nitrogens with one attached hydrogen (secondary N) is 2. The average molecular weight is 1330 g/mol. The van der Waals surface area contributed by atoms with Gasteiger partial charge in [-0.15, -0.1) is 0 Å². The Kier molecular flexibility index (Phi) is 22.1. The minimum absolute atomic E-state index is 0. The zero-order valence-corrected chi connectivity index (χ0v) is 51.3. The van der Waals surface area contributed by atoms with Gasteiger partial charge in [-0.1, -0.05) is 92.5 Å². The van der Waals surface area contributed by atoms with Crippen molar-refractivity contribution < 1.29 is 75.7 Å². The van der Waals surface area contributed by atoms with Crippen LogP contribution in [0.15, 0.2) is 152 Å². The Hall–Kier alpha value is -5.49. The summed E-state index contributed by atoms with van der Waals surface area (Å²) in [4.78, 5) is 31.1. The molecule has 0 saturated carbocycles. The number of aliphatic imine (C=N–C) groups is 2. The fourth-order valence-electron chi connectivity index (χ4n) is 8.79. The molecule has 4 aliphatic heterocycles. The Morgan fingerprint density at radius 2 is 0.778 bits per heavy atom. The molecule has 6 aromatic rings. The Morgan fingerprint density at radius 1 is 0.494 bits per heavy atom. The fraction of sp³-hybridized carbons (Fsp3) is 0.333. The van der Waals surface area contributed by atoms with Crippen LogP contribution in [0.25, 0.3) is 11.1 Å². The predicted molar refractivity (Wildman–Crippen MR) is 314 cm³/mol. The van der Waals surface area contributed by atoms with Gasteiger partial charge in [-0.2, -0.15) is 0 Å². The van der Waals surface area contributed by atoms with Crippen molar-refractivity contribution in [2.24, 2.45) is 9.98 Å². The maximum absolute atomic E-state index is 14.0. The molecule has 10 rings (SSSR count). The normalized spacial score (nSPS) is 18.7. The van der Waals surface area contributed by atoms with Crippen molar-refractivity contribution in [1.82, 2.24) is 0 Å². The third kappa shape index (κ3) is 16.4. The van der Waals surface area contributed by atoms with Crippen LogP contribution in [0.5, 0.6) is 0 Å². The van der Waals surface area contributed by atoms with Crippen molar-refractivity contribution in [2.45, 2.75) is 116 Å². The second-order valence-electron chi connectivity index (χ2n) is 21.2. The molecule has 12 nitrogen and oxygen atoms in total. The molecule has 2 saturated heterocycles. The first-order valence-electron chi connectivity index (χ1n) is 25.9. The van der Waals surface area contributed by atoms with E-state index in [1.54, 1.807) is 24.3 Å². The summed E-state index contributed by atoms with van der Waals surface area (Å²) in [6, 6.07) is 38.2. The van der Waals surface area contributed by atoms with E-state index in [0.29, 0.717) is 35.6 Å². The molecule has 21 heteroatoms. The molecular formula is C60H64B2Br2F4N4O8Pd. The van der Waals surface area contributed by atoms with Crippen molar-refractivity contribution >= 4 is 80.9 Å². The summed E-state index contributed by atoms with van der Waals surface area (Å²) in [6.45, 7) is 16.2. The molecule has 2 atom stereocenters. The zero-order valence-electron chi connectivity index (χ0n) is 46.6. The van der Waals surface area contributed by atoms with Gasteiger partial charge in [0.15, 0.2) is 0 Å². The van der Waals surface area contributed by atoms with Crippen LogP contribution in [0, 0.1) is 23.3 Å². The molecule has 2 amide bonds. The van der Waals surface area contributed by atoms with E-state index in [0.717, 1.165) is 44.0 Å². The standard InChI is InChI=1S/C24H20F2N2O2.C16H12BrF2N.C12H24B2O4.C8H8BrNO2.Pd/c1-30-24(29)27-18-11-9-16(10-12-18)15-5-7-17(8-6-15)21-13-14-22(28-21)23-19(25)3-2-4-20(23)26;17-11-6-4-10(5-7-11)14-8-9-15(20-14)16-12(18)2-1-3-13(16)19;1-9(2)10(3,4)16-13(15-9)14-17-11(5,6)12(7,8)18-14;1-12-8(11)10-7-4-2-6(9)3-5-7;/h2-12,21H,13-14H2,1H3,(H,27,29);1-7,14H,8-9H2;1-8H3;2-5H,1H3,(H,10,11);. The number of hydrogen-bond acceptors (Lipinski definition) is 10. The summed E-state index contributed by atoms with van der Waals surface area (Å²) < 4.78 is 90.4. The number of rotatable bonds is 8. The molecular weight excluding hydrogens is 1270 g/mol. The first kappa shape index (κ1) is 64.7. The Labute approximate surface area is 502 Å². The molecule has 6 aromatic carbocycles. The monoisotopic (exact) mass is 1330 g/mol. The van der Waals surface area contributed by atoms with Crippen LogP contribution in [0.4, 0.5) is 38.5 Å². The van der Waals surface area contributed by atoms with Gasteiger partial charge in [0.1, 0.15) is 23.3 Å². The van der Waals surface area contributed by atoms with E-state index < -0.39 is 49.5 Å². The summed E-state index contributed by atoms with van der Waals surface area (Å²) in [5.74, 6) is -2.23. The van der Waals surface area contributed by atoms with Crippen molar-refractivity contribution in [1.29, 1.82) is 0 Å². The van der Waals surface area contributed by atoms with Crippen LogP contribution in [-0.4, -0.2) is 74.3 Å². The second kappa shape index (κ2) is 27.7. The smallest absolute Gasteiger partial charge is 0.453 e. The van der Waals surface area contributed by atoms with Crippen LogP contribution < -0.4 is 10.6 Å². The van der Waals surface area contributed by atoms with E-state index in [1.807, 2.05) is 128 Å². The van der Waals surface area contributed by atoms with Gasteiger partial charge in [-0.25, -0.2) is 27.2 Å². The number of carbonyl (C=O) groups excluding carboxylic acids is 2. The van der Waals surface area contributed by atoms with Gasteiger partial charge >= 0.3 is 26.2 Å². The predicted octanol–water partition coefficient (Wildman–Crippen LogP) is 16.1. The molecule has 0 spiro atoms. The topological polar surface area (TPSA) is 138 Å². The minimum atomic E-state index is -0.574. The molecule has 0 aromatic heterocycles. The number of benzene rings is 6. The van der Waals surface area contributed by atoms with E-state index >= 15 is 0 Å². The maximum Gasteiger partial charge on any atom is 0.488 e. The third-order valence-corrected chi connectivity index (χ3v) is 15.7. The van der Waals surface area contributed by atoms with Gasteiger partial charge in [0.05, 0.1) is 59.8 Å². The third-order valence-electron chi connectivity index (χ3n) is 14.7. The fourth-order valence-corrected chi connectivity index (χ4v) is 9.32. The zero-order chi connectivity index (χ0) is 58.2. The van der Waals surface area contributed by atoms with Crippen molar-refractivity contribution in [3.63, 3.8) is 0 Å². The molecule has 0 aliphatic carbocycles. The van der Waals surface area contributed by atoms with Gasteiger partial charge in [0, 0.05) is 52.2 Å². The second-order valence-corrected chi connectivity index (χ2v) is 23.0. The van der Waals surface area contributed by atoms with Crippen LogP contribution in [0.1, 0.15) is 115 Å². The first-order chi connectivity index (χ1) is 37.8. The number of carbonyl (C=O) groups is 2. The Balaban J connectivity index is 0.000000182. The van der Waals surface area contributed by atoms with Crippen LogP contribution in [0.3, 0.4) is 0 Å². The number of anilines is 2. The van der Waals surface area contributed by atoms with Gasteiger partial charge in [-0.3, -0.25) is 20.6 Å². The average Bonchev–Trinajstić information content (AvgIpc) is 4.41. The van der Waals surface area contributed by atoms with Crippen LogP contribution >= 0.6 is 31.9 Å². The largest absolute Gasteiger partial charge is 0.488 e. The minimum Gasteiger partial charge on any atom is -0.453 e. The van der Waals surface area contributed by atoms with Gasteiger partial charge < -0.3 is 28.1 Å². The Morgan fingerprint density at radius 3 is 1.10 bits per heavy atom. The molecule has 4 aliphatic rings. The molecule has 4 heterocycles. The molecule has 0 bridgehead atoms. The van der Waals surface area contributed by atoms with Crippen LogP contribution in [-0.2, 0) is 48.5 Å². The molecule has 2 unspecified atom stereocenters. The number of ether oxygens (including phenoxy) is 2. The van der Waals surface area contributed by atoms with E-state index in [4.69, 9.17) is 18.6 Å². The first-order valence-corrected chi connectivity index (χ1v) is 27.5. The maximum atomic E-state index is 14.0. The SMILES string of the molecule is CC1(C)OB(B2OC(C)(C)C(C)(C)O2)OC1(C)C.COC(=O)Nc1ccc(-c2ccc(C3CCC(c4c(F)cccc4F)=N3)cc2)cc1.COC(=O)Nc1ccc(Br)cc1.Fc1cccc(F)c1C1=NC(c2ccc(Br)cc2)CC1.[Pd]. The Bertz CT molecular complexity index is 3090. The molecule has 81 heavy (non-hydrogen) atoms. The number of methoxy groups -OCH3 is 2. The van der Waals surface area contributed by atoms with E-state index in [1.165, 1.54) is 50.6 Å². The molecule has 430 valence electrons. The van der Waals surface area contributed by atoms with E-state index in [2.05, 4.69) is 62.0 Å². The van der Waals surface area contributed by atoms with Crippen LogP contribution in [0.2, 0.25) is 0 Å². The number of hydrogen-bond donors (Lipinski definition) is 2. The summed E-state index contributed by atoms with van der Waals surface area (Å²) >= 11 is 6.67. The van der Waals surface area contributed by atoms with Gasteiger partial charge in [0.2, 0.25) is 0 Å². The summed E-state index contributed by atoms with van der Waals surface area (Å²) in [5.41, 5.74) is 5.03. The van der Waals surface area contributed by atoms with E-state index in [9.17, 15) is 27.2 Å². The van der Waals surface area contributed by atoms with Gasteiger partial charge in [0.25, 0.3) is 0 Å².